The number of nitrogens with zero attached hydrogens (tertiary/aromatic N) is 1. The van der Waals surface area contributed by atoms with E-state index in [0.717, 1.165) is 51.4 Å². The Bertz CT molecular complexity index is 1600. The largest absolute Gasteiger partial charge is 0.472 e. The highest BCUT2D eigenvalue weighted by atomic mass is 31.2. The van der Waals surface area contributed by atoms with E-state index in [1.54, 1.807) is 0 Å². The second-order valence-corrected chi connectivity index (χ2v) is 27.1. The van der Waals surface area contributed by atoms with Gasteiger partial charge in [-0.05, 0) is 83.5 Å². The SMILES string of the molecule is CCCCCCC/C=C\C/C=C\C/C=C\CCCCCCCCCCCCCCCCC(=O)OC(COC(=O)CCCCCCCCCCCCCCCCCCCCC/C=C\C/C=C\CCCCCCC)COP(=O)(O)OCC[N+](C)(C)C. The van der Waals surface area contributed by atoms with E-state index in [0.29, 0.717) is 23.9 Å². The van der Waals surface area contributed by atoms with Crippen molar-refractivity contribution in [3.63, 3.8) is 0 Å². The minimum atomic E-state index is -4.39. The number of hydrogen-bond donors (Lipinski definition) is 1. The molecule has 0 bridgehead atoms. The summed E-state index contributed by atoms with van der Waals surface area (Å²) in [5.74, 6) is -0.782. The number of ether oxygens (including phenoxy) is 2. The van der Waals surface area contributed by atoms with Crippen molar-refractivity contribution in [2.24, 2.45) is 0 Å². The summed E-state index contributed by atoms with van der Waals surface area (Å²) < 4.78 is 34.8. The van der Waals surface area contributed by atoms with Crippen LogP contribution in [0.3, 0.4) is 0 Å². The number of carbonyl (C=O) groups excluding carboxylic acids is 2. The van der Waals surface area contributed by atoms with Crippen molar-refractivity contribution in [3.8, 4) is 0 Å². The van der Waals surface area contributed by atoms with E-state index in [1.165, 1.54) is 263 Å². The zero-order valence-corrected chi connectivity index (χ0v) is 57.0. The molecule has 0 aromatic rings. The van der Waals surface area contributed by atoms with Gasteiger partial charge >= 0.3 is 19.8 Å². The summed E-state index contributed by atoms with van der Waals surface area (Å²) >= 11 is 0. The second-order valence-electron chi connectivity index (χ2n) is 25.6. The van der Waals surface area contributed by atoms with Gasteiger partial charge in [-0.1, -0.05) is 312 Å². The van der Waals surface area contributed by atoms with Gasteiger partial charge in [0, 0.05) is 12.8 Å². The van der Waals surface area contributed by atoms with Gasteiger partial charge in [0.2, 0.25) is 0 Å². The highest BCUT2D eigenvalue weighted by Gasteiger charge is 2.27. The van der Waals surface area contributed by atoms with E-state index in [2.05, 4.69) is 74.6 Å². The summed E-state index contributed by atoms with van der Waals surface area (Å²) in [6.07, 6.45) is 86.1. The Kier molecular flexibility index (Phi) is 63.4. The van der Waals surface area contributed by atoms with Gasteiger partial charge in [0.05, 0.1) is 27.7 Å². The van der Waals surface area contributed by atoms with Crippen molar-refractivity contribution in [2.45, 2.75) is 354 Å². The monoisotopic (exact) mass is 1200 g/mol. The lowest BCUT2D eigenvalue weighted by Gasteiger charge is -2.24. The van der Waals surface area contributed by atoms with Crippen molar-refractivity contribution >= 4 is 19.8 Å². The number of rotatable bonds is 67. The predicted molar refractivity (Wildman–Crippen MR) is 363 cm³/mol. The number of esters is 2. The zero-order chi connectivity index (χ0) is 61.2. The standard InChI is InChI=1S/C74H138NO8P/c1-6-8-10-12-14-16-18-20-22-24-26-28-30-32-34-36-37-39-40-42-44-46-48-50-52-54-56-58-60-62-64-66-73(76)80-70-72(71-82-84(78,79)81-69-68-75(3,4)5)83-74(77)67-65-63-61-59-57-55-53-51-49-47-45-43-41-38-35-33-31-29-27-25-23-21-19-17-15-13-11-9-7-2/h18-21,24-27,31,33,72H,6-17,22-23,28-30,32,34-71H2,1-5H3/p+1/b20-18-,21-19-,26-24-,27-25-,33-31-. The molecule has 0 saturated heterocycles. The first-order valence-electron chi connectivity index (χ1n) is 36.0. The predicted octanol–water partition coefficient (Wildman–Crippen LogP) is 23.4. The van der Waals surface area contributed by atoms with Gasteiger partial charge in [0.15, 0.2) is 6.10 Å². The van der Waals surface area contributed by atoms with Gasteiger partial charge < -0.3 is 18.9 Å². The van der Waals surface area contributed by atoms with Crippen LogP contribution in [0.15, 0.2) is 60.8 Å². The Labute approximate surface area is 521 Å². The number of hydrogen-bond acceptors (Lipinski definition) is 7. The van der Waals surface area contributed by atoms with Crippen LogP contribution in [-0.4, -0.2) is 74.9 Å². The molecular weight excluding hydrogens is 1060 g/mol. The van der Waals surface area contributed by atoms with E-state index >= 15 is 0 Å². The van der Waals surface area contributed by atoms with E-state index in [1.807, 2.05) is 21.1 Å². The van der Waals surface area contributed by atoms with Crippen LogP contribution >= 0.6 is 7.82 Å². The molecule has 0 saturated carbocycles. The van der Waals surface area contributed by atoms with Crippen LogP contribution in [0.4, 0.5) is 0 Å². The van der Waals surface area contributed by atoms with Crippen LogP contribution in [0.5, 0.6) is 0 Å². The fourth-order valence-corrected chi connectivity index (χ4v) is 11.2. The Morgan fingerprint density at radius 2 is 0.643 bits per heavy atom. The lowest BCUT2D eigenvalue weighted by atomic mass is 10.0. The minimum absolute atomic E-state index is 0.0322. The molecule has 0 heterocycles. The number of allylic oxidation sites excluding steroid dienone is 10. The Balaban J connectivity index is 4.01. The van der Waals surface area contributed by atoms with Crippen LogP contribution in [0, 0.1) is 0 Å². The molecule has 2 atom stereocenters. The van der Waals surface area contributed by atoms with Gasteiger partial charge in [-0.2, -0.15) is 0 Å². The van der Waals surface area contributed by atoms with Crippen molar-refractivity contribution in [2.75, 3.05) is 47.5 Å². The first-order valence-corrected chi connectivity index (χ1v) is 37.5. The molecule has 0 aromatic heterocycles. The quantitative estimate of drug-likeness (QED) is 0.0211. The summed E-state index contributed by atoms with van der Waals surface area (Å²) in [4.78, 5) is 35.9. The number of quaternary nitrogens is 1. The molecule has 9 nitrogen and oxygen atoms in total. The molecule has 1 N–H and O–H groups in total. The third-order valence-corrected chi connectivity index (χ3v) is 17.0. The number of phosphoric ester groups is 1. The van der Waals surface area contributed by atoms with Crippen LogP contribution in [0.1, 0.15) is 348 Å². The molecule has 0 rings (SSSR count). The number of likely N-dealkylation sites (N-methyl/N-ethyl adjacent to an activating group) is 1. The molecule has 10 heteroatoms. The van der Waals surface area contributed by atoms with Crippen molar-refractivity contribution in [1.29, 1.82) is 0 Å². The molecule has 2 unspecified atom stereocenters. The van der Waals surface area contributed by atoms with Gasteiger partial charge in [-0.25, -0.2) is 4.57 Å². The minimum Gasteiger partial charge on any atom is -0.462 e. The van der Waals surface area contributed by atoms with Gasteiger partial charge in [-0.15, -0.1) is 0 Å². The van der Waals surface area contributed by atoms with E-state index in [9.17, 15) is 19.0 Å². The van der Waals surface area contributed by atoms with Crippen molar-refractivity contribution in [3.05, 3.63) is 60.8 Å². The molecule has 0 aromatic carbocycles. The maximum atomic E-state index is 12.9. The number of phosphoric acid groups is 1. The molecular formula is C74H139NO8P+. The molecule has 0 radical (unpaired) electrons. The van der Waals surface area contributed by atoms with Crippen LogP contribution < -0.4 is 0 Å². The van der Waals surface area contributed by atoms with E-state index < -0.39 is 26.5 Å². The highest BCUT2D eigenvalue weighted by Crippen LogP contribution is 2.43. The normalized spacial score (nSPS) is 13.5. The van der Waals surface area contributed by atoms with Gasteiger partial charge in [-0.3, -0.25) is 18.6 Å². The maximum absolute atomic E-state index is 12.9. The number of carbonyl (C=O) groups is 2. The third kappa shape index (κ3) is 68.8. The molecule has 0 aliphatic heterocycles. The lowest BCUT2D eigenvalue weighted by Crippen LogP contribution is -2.37. The molecule has 492 valence electrons. The average molecular weight is 1200 g/mol. The second kappa shape index (κ2) is 65.2. The summed E-state index contributed by atoms with van der Waals surface area (Å²) in [5, 5.41) is 0. The maximum Gasteiger partial charge on any atom is 0.472 e. The smallest absolute Gasteiger partial charge is 0.462 e. The molecule has 0 fully saturated rings. The molecule has 84 heavy (non-hydrogen) atoms. The Hall–Kier alpha value is -2.29. The van der Waals surface area contributed by atoms with Gasteiger partial charge in [0.25, 0.3) is 0 Å². The summed E-state index contributed by atoms with van der Waals surface area (Å²) in [5.41, 5.74) is 0. The Morgan fingerprint density at radius 1 is 0.369 bits per heavy atom. The lowest BCUT2D eigenvalue weighted by molar-refractivity contribution is -0.870. The van der Waals surface area contributed by atoms with Crippen molar-refractivity contribution < 1.29 is 42.1 Å². The highest BCUT2D eigenvalue weighted by molar-refractivity contribution is 7.47. The number of unbranched alkanes of at least 4 members (excludes halogenated alkanes) is 43. The third-order valence-electron chi connectivity index (χ3n) is 16.0. The molecule has 0 aliphatic carbocycles. The van der Waals surface area contributed by atoms with E-state index in [4.69, 9.17) is 18.5 Å². The summed E-state index contributed by atoms with van der Waals surface area (Å²) in [7, 11) is 1.49. The summed E-state index contributed by atoms with van der Waals surface area (Å²) in [6, 6.07) is 0. The topological polar surface area (TPSA) is 108 Å². The molecule has 0 spiro atoms. The van der Waals surface area contributed by atoms with Gasteiger partial charge in [0.1, 0.15) is 19.8 Å². The first kappa shape index (κ1) is 81.7. The molecule has 0 aliphatic rings. The van der Waals surface area contributed by atoms with Crippen LogP contribution in [0.2, 0.25) is 0 Å². The fourth-order valence-electron chi connectivity index (χ4n) is 10.5. The molecule has 0 amide bonds. The Morgan fingerprint density at radius 3 is 0.952 bits per heavy atom. The first-order chi connectivity index (χ1) is 41.0. The fraction of sp³-hybridized carbons (Fsp3) is 0.838. The average Bonchev–Trinajstić information content (AvgIpc) is 3.61. The van der Waals surface area contributed by atoms with Crippen LogP contribution in [-0.2, 0) is 32.7 Å². The van der Waals surface area contributed by atoms with Crippen molar-refractivity contribution in [1.82, 2.24) is 0 Å². The van der Waals surface area contributed by atoms with Crippen LogP contribution in [0.25, 0.3) is 0 Å². The zero-order valence-electron chi connectivity index (χ0n) is 56.1. The van der Waals surface area contributed by atoms with E-state index in [-0.39, 0.29) is 25.6 Å². The summed E-state index contributed by atoms with van der Waals surface area (Å²) in [6.45, 7) is 4.46.